The maximum atomic E-state index is 11.9. The molecule has 0 N–H and O–H groups in total. The van der Waals surface area contributed by atoms with Gasteiger partial charge in [-0.2, -0.15) is 0 Å². The largest absolute Gasteiger partial charge is 0.294 e. The van der Waals surface area contributed by atoms with Crippen molar-refractivity contribution in [3.63, 3.8) is 0 Å². The van der Waals surface area contributed by atoms with Gasteiger partial charge < -0.3 is 0 Å². The highest BCUT2D eigenvalue weighted by Gasteiger charge is 2.13. The van der Waals surface area contributed by atoms with Crippen molar-refractivity contribution in [1.29, 1.82) is 0 Å². The molecule has 0 atom stereocenters. The molecule has 2 nitrogen and oxygen atoms in total. The topological polar surface area (TPSA) is 34.1 Å². The zero-order valence-electron chi connectivity index (χ0n) is 9.90. The van der Waals surface area contributed by atoms with E-state index in [1.165, 1.54) is 0 Å². The van der Waals surface area contributed by atoms with Crippen molar-refractivity contribution < 1.29 is 9.59 Å². The van der Waals surface area contributed by atoms with Gasteiger partial charge in [-0.3, -0.25) is 9.59 Å². The Hall–Kier alpha value is -1.64. The van der Waals surface area contributed by atoms with E-state index in [0.717, 1.165) is 0 Å². The van der Waals surface area contributed by atoms with Gasteiger partial charge in [-0.15, -0.1) is 0 Å². The predicted octanol–water partition coefficient (Wildman–Crippen LogP) is 4.45. The second-order valence-corrected chi connectivity index (χ2v) is 4.91. The molecule has 4 heteroatoms. The first-order valence-corrected chi connectivity index (χ1v) is 6.39. The van der Waals surface area contributed by atoms with Crippen molar-refractivity contribution in [2.24, 2.45) is 0 Å². The van der Waals surface area contributed by atoms with E-state index in [1.54, 1.807) is 48.5 Å². The zero-order valence-corrected chi connectivity index (χ0v) is 11.4. The molecule has 2 rings (SSSR count). The number of hydrogen-bond acceptors (Lipinski definition) is 2. The average molecular weight is 293 g/mol. The van der Waals surface area contributed by atoms with Crippen LogP contribution in [0.2, 0.25) is 10.0 Å². The third-order valence-corrected chi connectivity index (χ3v) is 3.16. The first-order valence-electron chi connectivity index (χ1n) is 5.64. The van der Waals surface area contributed by atoms with E-state index in [-0.39, 0.29) is 18.0 Å². The van der Waals surface area contributed by atoms with Crippen molar-refractivity contribution in [2.75, 3.05) is 0 Å². The molecule has 0 saturated carbocycles. The summed E-state index contributed by atoms with van der Waals surface area (Å²) in [6, 6.07) is 12.9. The van der Waals surface area contributed by atoms with Crippen LogP contribution in [0.4, 0.5) is 0 Å². The average Bonchev–Trinajstić information content (AvgIpc) is 2.40. The molecule has 0 saturated heterocycles. The molecule has 0 aliphatic heterocycles. The number of halogens is 2. The molecule has 0 unspecified atom stereocenters. The number of carbonyl (C=O) groups excluding carboxylic acids is 2. The van der Waals surface area contributed by atoms with E-state index in [0.29, 0.717) is 21.2 Å². The third-order valence-electron chi connectivity index (χ3n) is 2.65. The summed E-state index contributed by atoms with van der Waals surface area (Å²) in [6.07, 6.45) is -0.163. The van der Waals surface area contributed by atoms with Crippen molar-refractivity contribution >= 4 is 34.8 Å². The van der Waals surface area contributed by atoms with Gasteiger partial charge in [-0.1, -0.05) is 23.2 Å². The Bertz CT molecular complexity index is 546. The maximum absolute atomic E-state index is 11.9. The molecule has 0 radical (unpaired) electrons. The number of Topliss-reactive ketones (excluding diaryl/α,β-unsaturated/α-hetero) is 2. The van der Waals surface area contributed by atoms with Crippen LogP contribution in [0.25, 0.3) is 0 Å². The molecule has 0 bridgehead atoms. The van der Waals surface area contributed by atoms with E-state index in [4.69, 9.17) is 23.2 Å². The Balaban J connectivity index is 2.08. The lowest BCUT2D eigenvalue weighted by Crippen LogP contribution is -2.08. The van der Waals surface area contributed by atoms with E-state index >= 15 is 0 Å². The fourth-order valence-electron chi connectivity index (χ4n) is 1.62. The highest BCUT2D eigenvalue weighted by atomic mass is 35.5. The van der Waals surface area contributed by atoms with Crippen molar-refractivity contribution in [1.82, 2.24) is 0 Å². The normalized spacial score (nSPS) is 10.2. The molecule has 0 aromatic heterocycles. The van der Waals surface area contributed by atoms with Gasteiger partial charge in [-0.05, 0) is 48.5 Å². The van der Waals surface area contributed by atoms with Crippen LogP contribution in [0.3, 0.4) is 0 Å². The standard InChI is InChI=1S/C15H10Cl2O2/c16-12-5-1-10(2-6-12)14(18)9-15(19)11-3-7-13(17)8-4-11/h1-8H,9H2. The fourth-order valence-corrected chi connectivity index (χ4v) is 1.87. The summed E-state index contributed by atoms with van der Waals surface area (Å²) >= 11 is 11.5. The minimum atomic E-state index is -0.225. The smallest absolute Gasteiger partial charge is 0.170 e. The summed E-state index contributed by atoms with van der Waals surface area (Å²) in [5.41, 5.74) is 0.957. The summed E-state index contributed by atoms with van der Waals surface area (Å²) in [6.45, 7) is 0. The number of ketones is 2. The SMILES string of the molecule is O=C(CC(=O)c1ccc(Cl)cc1)c1ccc(Cl)cc1. The van der Waals surface area contributed by atoms with Crippen molar-refractivity contribution in [2.45, 2.75) is 6.42 Å². The molecular formula is C15H10Cl2O2. The lowest BCUT2D eigenvalue weighted by molar-refractivity contribution is 0.0894. The number of carbonyl (C=O) groups is 2. The summed E-state index contributed by atoms with van der Waals surface area (Å²) in [7, 11) is 0. The second-order valence-electron chi connectivity index (χ2n) is 4.04. The van der Waals surface area contributed by atoms with E-state index < -0.39 is 0 Å². The molecule has 19 heavy (non-hydrogen) atoms. The lowest BCUT2D eigenvalue weighted by Gasteiger charge is -2.02. The zero-order chi connectivity index (χ0) is 13.8. The van der Waals surface area contributed by atoms with Crippen molar-refractivity contribution in [3.05, 3.63) is 69.7 Å². The van der Waals surface area contributed by atoms with Crippen LogP contribution in [0.15, 0.2) is 48.5 Å². The highest BCUT2D eigenvalue weighted by Crippen LogP contribution is 2.14. The molecule has 2 aromatic carbocycles. The molecule has 0 amide bonds. The first kappa shape index (κ1) is 13.8. The molecular weight excluding hydrogens is 283 g/mol. The molecule has 0 aliphatic rings. The molecule has 0 spiro atoms. The van der Waals surface area contributed by atoms with Gasteiger partial charge in [0, 0.05) is 21.2 Å². The molecule has 2 aromatic rings. The summed E-state index contributed by atoms with van der Waals surface area (Å²) in [5.74, 6) is -0.451. The monoisotopic (exact) mass is 292 g/mol. The Morgan fingerprint density at radius 2 is 1.00 bits per heavy atom. The number of hydrogen-bond donors (Lipinski definition) is 0. The first-order chi connectivity index (χ1) is 9.06. The van der Waals surface area contributed by atoms with Gasteiger partial charge in [0.2, 0.25) is 0 Å². The second kappa shape index (κ2) is 6.00. The van der Waals surface area contributed by atoms with Gasteiger partial charge >= 0.3 is 0 Å². The maximum Gasteiger partial charge on any atom is 0.170 e. The van der Waals surface area contributed by atoms with Crippen LogP contribution in [0.1, 0.15) is 27.1 Å². The minimum Gasteiger partial charge on any atom is -0.294 e. The van der Waals surface area contributed by atoms with Crippen LogP contribution >= 0.6 is 23.2 Å². The van der Waals surface area contributed by atoms with E-state index in [9.17, 15) is 9.59 Å². The quantitative estimate of drug-likeness (QED) is 0.616. The van der Waals surface area contributed by atoms with Gasteiger partial charge in [0.15, 0.2) is 11.6 Å². The predicted molar refractivity (Wildman–Crippen MR) is 76.2 cm³/mol. The lowest BCUT2D eigenvalue weighted by atomic mass is 10.0. The van der Waals surface area contributed by atoms with Crippen LogP contribution < -0.4 is 0 Å². The van der Waals surface area contributed by atoms with Gasteiger partial charge in [0.25, 0.3) is 0 Å². The Kier molecular flexibility index (Phi) is 4.35. The van der Waals surface area contributed by atoms with Crippen molar-refractivity contribution in [3.8, 4) is 0 Å². The number of rotatable bonds is 4. The minimum absolute atomic E-state index is 0.163. The van der Waals surface area contributed by atoms with Gasteiger partial charge in [0.1, 0.15) is 0 Å². The van der Waals surface area contributed by atoms with Crippen LogP contribution in [-0.4, -0.2) is 11.6 Å². The summed E-state index contributed by atoms with van der Waals surface area (Å²) in [5, 5.41) is 1.11. The van der Waals surface area contributed by atoms with Crippen LogP contribution in [0, 0.1) is 0 Å². The van der Waals surface area contributed by atoms with Gasteiger partial charge in [-0.25, -0.2) is 0 Å². The van der Waals surface area contributed by atoms with E-state index in [1.807, 2.05) is 0 Å². The van der Waals surface area contributed by atoms with Crippen LogP contribution in [-0.2, 0) is 0 Å². The number of benzene rings is 2. The van der Waals surface area contributed by atoms with Gasteiger partial charge in [0.05, 0.1) is 6.42 Å². The Morgan fingerprint density at radius 3 is 1.32 bits per heavy atom. The summed E-state index contributed by atoms with van der Waals surface area (Å²) < 4.78 is 0. The Morgan fingerprint density at radius 1 is 0.684 bits per heavy atom. The van der Waals surface area contributed by atoms with Crippen LogP contribution in [0.5, 0.6) is 0 Å². The molecule has 96 valence electrons. The molecule has 0 fully saturated rings. The summed E-state index contributed by atoms with van der Waals surface area (Å²) in [4.78, 5) is 23.8. The fraction of sp³-hybridized carbons (Fsp3) is 0.0667. The molecule has 0 heterocycles. The third kappa shape index (κ3) is 3.66. The Labute approximate surface area is 121 Å². The van der Waals surface area contributed by atoms with E-state index in [2.05, 4.69) is 0 Å². The molecule has 0 aliphatic carbocycles. The highest BCUT2D eigenvalue weighted by molar-refractivity contribution is 6.31.